The van der Waals surface area contributed by atoms with Gasteiger partial charge in [-0.05, 0) is 23.8 Å². The fourth-order valence-corrected chi connectivity index (χ4v) is 1.91. The molecule has 0 spiro atoms. The van der Waals surface area contributed by atoms with Crippen molar-refractivity contribution in [2.45, 2.75) is 6.61 Å². The molecular formula is C15H12ClN3O4. The van der Waals surface area contributed by atoms with Crippen LogP contribution in [-0.4, -0.2) is 17.0 Å². The summed E-state index contributed by atoms with van der Waals surface area (Å²) in [6.07, 6.45) is 0.948. The van der Waals surface area contributed by atoms with Crippen molar-refractivity contribution in [2.24, 2.45) is 5.16 Å². The summed E-state index contributed by atoms with van der Waals surface area (Å²) < 4.78 is 0. The van der Waals surface area contributed by atoms with Gasteiger partial charge in [0.2, 0.25) is 0 Å². The molecule has 8 heteroatoms. The Kier molecular flexibility index (Phi) is 5.65. The van der Waals surface area contributed by atoms with Gasteiger partial charge in [-0.2, -0.15) is 0 Å². The lowest BCUT2D eigenvalue weighted by molar-refractivity contribution is -0.384. The summed E-state index contributed by atoms with van der Waals surface area (Å²) in [4.78, 5) is 26.7. The number of nitro benzene ring substituents is 1. The molecule has 0 aromatic heterocycles. The molecule has 2 aromatic rings. The normalized spacial score (nSPS) is 10.5. The summed E-state index contributed by atoms with van der Waals surface area (Å²) >= 11 is 5.83. The van der Waals surface area contributed by atoms with E-state index < -0.39 is 10.8 Å². The Morgan fingerprint density at radius 3 is 2.83 bits per heavy atom. The molecule has 118 valence electrons. The van der Waals surface area contributed by atoms with E-state index in [0.717, 1.165) is 11.8 Å². The van der Waals surface area contributed by atoms with Crippen LogP contribution in [0.2, 0.25) is 5.02 Å². The fourth-order valence-electron chi connectivity index (χ4n) is 1.70. The van der Waals surface area contributed by atoms with Gasteiger partial charge in [0.1, 0.15) is 12.8 Å². The maximum atomic E-state index is 11.6. The molecule has 2 rings (SSSR count). The highest BCUT2D eigenvalue weighted by molar-refractivity contribution is 6.31. The van der Waals surface area contributed by atoms with Gasteiger partial charge in [-0.3, -0.25) is 14.9 Å². The highest BCUT2D eigenvalue weighted by Gasteiger charge is 2.07. The zero-order valence-corrected chi connectivity index (χ0v) is 12.6. The van der Waals surface area contributed by atoms with E-state index in [-0.39, 0.29) is 12.3 Å². The molecule has 0 atom stereocenters. The van der Waals surface area contributed by atoms with E-state index in [1.165, 1.54) is 24.3 Å². The van der Waals surface area contributed by atoms with Gasteiger partial charge in [0.15, 0.2) is 0 Å². The molecule has 1 N–H and O–H groups in total. The number of oxime groups is 1. The average molecular weight is 334 g/mol. The summed E-state index contributed by atoms with van der Waals surface area (Å²) in [5, 5.41) is 17.2. The van der Waals surface area contributed by atoms with Crippen molar-refractivity contribution in [3.63, 3.8) is 0 Å². The first-order valence-electron chi connectivity index (χ1n) is 6.50. The topological polar surface area (TPSA) is 93.8 Å². The number of nitrogens with zero attached hydrogens (tertiary/aromatic N) is 2. The minimum Gasteiger partial charge on any atom is -0.391 e. The number of nitro groups is 1. The van der Waals surface area contributed by atoms with Gasteiger partial charge in [-0.25, -0.2) is 0 Å². The molecule has 0 aliphatic carbocycles. The number of hydrogen-bond acceptors (Lipinski definition) is 5. The molecule has 2 aromatic carbocycles. The second-order valence-electron chi connectivity index (χ2n) is 4.43. The van der Waals surface area contributed by atoms with Crippen LogP contribution in [0.1, 0.15) is 5.56 Å². The Balaban J connectivity index is 1.84. The smallest absolute Gasteiger partial charge is 0.271 e. The van der Waals surface area contributed by atoms with Gasteiger partial charge in [0, 0.05) is 22.8 Å². The molecular weight excluding hydrogens is 322 g/mol. The Hall–Kier alpha value is -2.93. The predicted molar refractivity (Wildman–Crippen MR) is 86.5 cm³/mol. The predicted octanol–water partition coefficient (Wildman–Crippen LogP) is 3.39. The van der Waals surface area contributed by atoms with E-state index >= 15 is 0 Å². The molecule has 0 radical (unpaired) electrons. The van der Waals surface area contributed by atoms with Crippen molar-refractivity contribution in [3.8, 4) is 0 Å². The fraction of sp³-hybridized carbons (Fsp3) is 0.0667. The molecule has 23 heavy (non-hydrogen) atoms. The number of benzene rings is 2. The van der Waals surface area contributed by atoms with Crippen LogP contribution < -0.4 is 5.32 Å². The number of carbonyl (C=O) groups excluding carboxylic acids is 1. The lowest BCUT2D eigenvalue weighted by Gasteiger charge is -2.02. The summed E-state index contributed by atoms with van der Waals surface area (Å²) in [7, 11) is 0. The van der Waals surface area contributed by atoms with Crippen LogP contribution in [0.3, 0.4) is 0 Å². The third-order valence-electron chi connectivity index (χ3n) is 2.69. The van der Waals surface area contributed by atoms with Crippen LogP contribution in [0.25, 0.3) is 0 Å². The number of rotatable bonds is 6. The van der Waals surface area contributed by atoms with Crippen molar-refractivity contribution in [1.82, 2.24) is 0 Å². The highest BCUT2D eigenvalue weighted by atomic mass is 35.5. The summed E-state index contributed by atoms with van der Waals surface area (Å²) in [6.45, 7) is 0.168. The number of halogens is 1. The first kappa shape index (κ1) is 16.4. The standard InChI is InChI=1S/C15H12ClN3O4/c16-12-4-1-3-11(7-12)10-23-17-9-15(20)18-13-5-2-6-14(8-13)19(21)22/h1-9H,10H2,(H,18,20)/b17-9-. The molecule has 0 saturated carbocycles. The molecule has 0 aliphatic heterocycles. The summed E-state index contributed by atoms with van der Waals surface area (Å²) in [5.41, 5.74) is 0.996. The second-order valence-corrected chi connectivity index (χ2v) is 4.87. The van der Waals surface area contributed by atoms with Crippen molar-refractivity contribution >= 4 is 35.1 Å². The number of hydrogen-bond donors (Lipinski definition) is 1. The monoisotopic (exact) mass is 333 g/mol. The van der Waals surface area contributed by atoms with Crippen LogP contribution in [0, 0.1) is 10.1 Å². The van der Waals surface area contributed by atoms with Gasteiger partial charge >= 0.3 is 0 Å². The summed E-state index contributed by atoms with van der Waals surface area (Å²) in [6, 6.07) is 12.6. The van der Waals surface area contributed by atoms with Crippen molar-refractivity contribution in [1.29, 1.82) is 0 Å². The largest absolute Gasteiger partial charge is 0.391 e. The second kappa shape index (κ2) is 7.90. The molecule has 0 aliphatic rings. The van der Waals surface area contributed by atoms with Gasteiger partial charge < -0.3 is 10.2 Å². The third kappa shape index (κ3) is 5.40. The molecule has 0 unspecified atom stereocenters. The molecule has 0 bridgehead atoms. The first-order valence-corrected chi connectivity index (χ1v) is 6.87. The van der Waals surface area contributed by atoms with Crippen LogP contribution in [-0.2, 0) is 16.2 Å². The van der Waals surface area contributed by atoms with Crippen LogP contribution >= 0.6 is 11.6 Å². The number of non-ortho nitro benzene ring substituents is 1. The highest BCUT2D eigenvalue weighted by Crippen LogP contribution is 2.16. The van der Waals surface area contributed by atoms with E-state index in [2.05, 4.69) is 10.5 Å². The molecule has 0 fully saturated rings. The Labute approximate surface area is 136 Å². The van der Waals surface area contributed by atoms with Gasteiger partial charge in [-0.15, -0.1) is 0 Å². The Morgan fingerprint density at radius 1 is 1.30 bits per heavy atom. The molecule has 0 heterocycles. The van der Waals surface area contributed by atoms with E-state index in [9.17, 15) is 14.9 Å². The van der Waals surface area contributed by atoms with Gasteiger partial charge in [-0.1, -0.05) is 35.0 Å². The maximum absolute atomic E-state index is 11.6. The molecule has 0 saturated heterocycles. The van der Waals surface area contributed by atoms with Crippen LogP contribution in [0.4, 0.5) is 11.4 Å². The molecule has 1 amide bonds. The Morgan fingerprint density at radius 2 is 2.09 bits per heavy atom. The maximum Gasteiger partial charge on any atom is 0.271 e. The van der Waals surface area contributed by atoms with Crippen molar-refractivity contribution < 1.29 is 14.6 Å². The average Bonchev–Trinajstić information content (AvgIpc) is 2.52. The molecule has 7 nitrogen and oxygen atoms in total. The quantitative estimate of drug-likeness (QED) is 0.498. The lowest BCUT2D eigenvalue weighted by atomic mass is 10.2. The van der Waals surface area contributed by atoms with Crippen molar-refractivity contribution in [2.75, 3.05) is 5.32 Å². The van der Waals surface area contributed by atoms with E-state index in [1.807, 2.05) is 6.07 Å². The minimum atomic E-state index is -0.559. The number of nitrogens with one attached hydrogen (secondary N) is 1. The number of anilines is 1. The number of amides is 1. The SMILES string of the molecule is O=C(/C=N\OCc1cccc(Cl)c1)Nc1cccc([N+](=O)[O-])c1. The van der Waals surface area contributed by atoms with E-state index in [4.69, 9.17) is 16.4 Å². The lowest BCUT2D eigenvalue weighted by Crippen LogP contribution is -2.12. The van der Waals surface area contributed by atoms with E-state index in [1.54, 1.807) is 18.2 Å². The third-order valence-corrected chi connectivity index (χ3v) is 2.92. The van der Waals surface area contributed by atoms with Crippen LogP contribution in [0.15, 0.2) is 53.7 Å². The Bertz CT molecular complexity index is 749. The number of carbonyl (C=O) groups is 1. The van der Waals surface area contributed by atoms with Crippen molar-refractivity contribution in [3.05, 3.63) is 69.2 Å². The summed E-state index contributed by atoms with van der Waals surface area (Å²) in [5.74, 6) is -0.559. The van der Waals surface area contributed by atoms with Crippen LogP contribution in [0.5, 0.6) is 0 Å². The zero-order chi connectivity index (χ0) is 16.7. The van der Waals surface area contributed by atoms with Gasteiger partial charge in [0.05, 0.1) is 4.92 Å². The first-order chi connectivity index (χ1) is 11.0. The zero-order valence-electron chi connectivity index (χ0n) is 11.8. The van der Waals surface area contributed by atoms with Gasteiger partial charge in [0.25, 0.3) is 11.6 Å². The minimum absolute atomic E-state index is 0.114. The van der Waals surface area contributed by atoms with E-state index in [0.29, 0.717) is 10.7 Å².